The number of hydrogen-bond donors (Lipinski definition) is 2. The second kappa shape index (κ2) is 8.49. The molecule has 6 heteroatoms. The first kappa shape index (κ1) is 18.7. The summed E-state index contributed by atoms with van der Waals surface area (Å²) in [5.41, 5.74) is 3.77. The molecule has 1 saturated heterocycles. The average molecular weight is 352 g/mol. The number of nitrogens with zero attached hydrogens (tertiary/aromatic N) is 1. The van der Waals surface area contributed by atoms with Crippen molar-refractivity contribution in [3.8, 4) is 0 Å². The summed E-state index contributed by atoms with van der Waals surface area (Å²) < 4.78 is 0. The number of nitrogens with one attached hydrogen (secondary N) is 2. The van der Waals surface area contributed by atoms with Crippen molar-refractivity contribution in [2.45, 2.75) is 58.3 Å². The second-order valence-corrected chi connectivity index (χ2v) is 6.42. The van der Waals surface area contributed by atoms with Gasteiger partial charge in [0.1, 0.15) is 6.04 Å². The van der Waals surface area contributed by atoms with Crippen molar-refractivity contribution in [3.05, 3.63) is 34.9 Å². The van der Waals surface area contributed by atoms with E-state index < -0.39 is 0 Å². The first-order valence-electron chi connectivity index (χ1n) is 8.57. The van der Waals surface area contributed by atoms with E-state index >= 15 is 0 Å². The summed E-state index contributed by atoms with van der Waals surface area (Å²) in [6.45, 7) is 5.06. The number of hydrogen-bond acceptors (Lipinski definition) is 3. The molecule has 0 bridgehead atoms. The van der Waals surface area contributed by atoms with Gasteiger partial charge >= 0.3 is 0 Å². The molecule has 2 amide bonds. The summed E-state index contributed by atoms with van der Waals surface area (Å²) in [5, 5.41) is 6.33. The van der Waals surface area contributed by atoms with Crippen LogP contribution in [-0.4, -0.2) is 29.3 Å². The Morgan fingerprint density at radius 3 is 2.88 bits per heavy atom. The predicted molar refractivity (Wildman–Crippen MR) is 95.7 cm³/mol. The highest BCUT2D eigenvalue weighted by molar-refractivity contribution is 5.88. The highest BCUT2D eigenvalue weighted by Gasteiger charge is 2.33. The minimum Gasteiger partial charge on any atom is -0.350 e. The number of carbonyl (C=O) groups is 2. The van der Waals surface area contributed by atoms with Gasteiger partial charge in [0, 0.05) is 32.6 Å². The Bertz CT molecular complexity index is 606. The van der Waals surface area contributed by atoms with Crippen LogP contribution in [0.4, 0.5) is 0 Å². The van der Waals surface area contributed by atoms with Crippen LogP contribution in [0.5, 0.6) is 0 Å². The van der Waals surface area contributed by atoms with Crippen LogP contribution in [0.15, 0.2) is 18.2 Å². The third-order valence-corrected chi connectivity index (χ3v) is 4.71. The van der Waals surface area contributed by atoms with Crippen molar-refractivity contribution in [1.82, 2.24) is 15.5 Å². The fourth-order valence-corrected chi connectivity index (χ4v) is 3.46. The zero-order valence-corrected chi connectivity index (χ0v) is 15.0. The summed E-state index contributed by atoms with van der Waals surface area (Å²) in [6, 6.07) is 6.07. The summed E-state index contributed by atoms with van der Waals surface area (Å²) in [6.07, 6.45) is 3.04. The maximum Gasteiger partial charge on any atom is 0.243 e. The number of likely N-dealkylation sites (tertiary alicyclic amines) is 1. The maximum absolute atomic E-state index is 12.5. The molecular weight excluding hydrogens is 326 g/mol. The van der Waals surface area contributed by atoms with Crippen molar-refractivity contribution in [1.29, 1.82) is 0 Å². The Morgan fingerprint density at radius 1 is 1.29 bits per heavy atom. The lowest BCUT2D eigenvalue weighted by molar-refractivity contribution is -0.138. The Hall–Kier alpha value is -1.59. The Balaban J connectivity index is 0.00000208. The zero-order chi connectivity index (χ0) is 16.2. The van der Waals surface area contributed by atoms with E-state index in [1.165, 1.54) is 11.1 Å². The van der Waals surface area contributed by atoms with E-state index in [0.717, 1.165) is 37.9 Å². The van der Waals surface area contributed by atoms with Crippen molar-refractivity contribution in [3.63, 3.8) is 0 Å². The van der Waals surface area contributed by atoms with Gasteiger partial charge in [0.05, 0.1) is 0 Å². The quantitative estimate of drug-likeness (QED) is 0.854. The normalized spacial score (nSPS) is 18.9. The number of benzene rings is 1. The molecule has 0 spiro atoms. The molecule has 1 aromatic rings. The lowest BCUT2D eigenvalue weighted by atomic mass is 10.1. The summed E-state index contributed by atoms with van der Waals surface area (Å²) in [4.78, 5) is 26.3. The van der Waals surface area contributed by atoms with Crippen LogP contribution in [0.3, 0.4) is 0 Å². The lowest BCUT2D eigenvalue weighted by Gasteiger charge is -2.24. The average Bonchev–Trinajstić information content (AvgIpc) is 3.21. The van der Waals surface area contributed by atoms with E-state index in [1.807, 2.05) is 6.92 Å². The van der Waals surface area contributed by atoms with Gasteiger partial charge in [-0.1, -0.05) is 25.1 Å². The van der Waals surface area contributed by atoms with Gasteiger partial charge in [-0.2, -0.15) is 0 Å². The molecule has 2 aliphatic heterocycles. The third-order valence-electron chi connectivity index (χ3n) is 4.71. The van der Waals surface area contributed by atoms with Crippen LogP contribution in [0.2, 0.25) is 0 Å². The van der Waals surface area contributed by atoms with Crippen molar-refractivity contribution >= 4 is 24.2 Å². The molecule has 132 valence electrons. The van der Waals surface area contributed by atoms with E-state index in [4.69, 9.17) is 0 Å². The van der Waals surface area contributed by atoms with Gasteiger partial charge in [0.15, 0.2) is 0 Å². The van der Waals surface area contributed by atoms with E-state index in [9.17, 15) is 9.59 Å². The fraction of sp³-hybridized carbons (Fsp3) is 0.556. The lowest BCUT2D eigenvalue weighted by Crippen LogP contribution is -2.45. The van der Waals surface area contributed by atoms with E-state index in [1.54, 1.807) is 4.90 Å². The number of fused-ring (bicyclic) bond motifs is 1. The second-order valence-electron chi connectivity index (χ2n) is 6.42. The monoisotopic (exact) mass is 351 g/mol. The zero-order valence-electron chi connectivity index (χ0n) is 14.1. The van der Waals surface area contributed by atoms with E-state index in [-0.39, 0.29) is 30.3 Å². The molecule has 0 aromatic heterocycles. The molecule has 1 atom stereocenters. The van der Waals surface area contributed by atoms with Crippen LogP contribution in [0.1, 0.15) is 49.3 Å². The molecule has 5 nitrogen and oxygen atoms in total. The smallest absolute Gasteiger partial charge is 0.243 e. The van der Waals surface area contributed by atoms with Crippen LogP contribution >= 0.6 is 12.4 Å². The van der Waals surface area contributed by atoms with Crippen LogP contribution in [-0.2, 0) is 29.2 Å². The molecule has 3 rings (SSSR count). The maximum atomic E-state index is 12.5. The number of carbonyl (C=O) groups excluding carboxylic acids is 2. The van der Waals surface area contributed by atoms with Crippen molar-refractivity contribution < 1.29 is 9.59 Å². The topological polar surface area (TPSA) is 61.4 Å². The summed E-state index contributed by atoms with van der Waals surface area (Å²) >= 11 is 0. The van der Waals surface area contributed by atoms with Gasteiger partial charge in [-0.3, -0.25) is 9.59 Å². The number of rotatable bonds is 5. The molecule has 1 aromatic carbocycles. The van der Waals surface area contributed by atoms with Crippen molar-refractivity contribution in [2.24, 2.45) is 0 Å². The third kappa shape index (κ3) is 4.08. The Morgan fingerprint density at radius 2 is 2.08 bits per heavy atom. The van der Waals surface area contributed by atoms with E-state index in [0.29, 0.717) is 19.5 Å². The van der Waals surface area contributed by atoms with Gasteiger partial charge in [-0.15, -0.1) is 12.4 Å². The molecule has 0 aliphatic carbocycles. The molecule has 2 heterocycles. The van der Waals surface area contributed by atoms with Gasteiger partial charge in [-0.05, 0) is 36.0 Å². The van der Waals surface area contributed by atoms with Gasteiger partial charge in [-0.25, -0.2) is 0 Å². The molecule has 2 aliphatic rings. The first-order chi connectivity index (χ1) is 11.2. The molecule has 2 N–H and O–H groups in total. The van der Waals surface area contributed by atoms with Gasteiger partial charge in [0.2, 0.25) is 11.8 Å². The van der Waals surface area contributed by atoms with Crippen LogP contribution < -0.4 is 10.6 Å². The Kier molecular flexibility index (Phi) is 6.63. The number of amides is 2. The van der Waals surface area contributed by atoms with Crippen LogP contribution in [0, 0.1) is 0 Å². The molecule has 0 saturated carbocycles. The number of halogens is 1. The van der Waals surface area contributed by atoms with Crippen molar-refractivity contribution in [2.75, 3.05) is 6.54 Å². The molecular formula is C18H26ClN3O2. The van der Waals surface area contributed by atoms with Crippen LogP contribution in [0.25, 0.3) is 0 Å². The standard InChI is InChI=1S/C18H25N3O2.ClH/c1-2-4-17(22)21-8-3-5-16(21)18(23)20-10-13-6-7-14-11-19-12-15(14)9-13;/h6-7,9,16,19H,2-5,8,10-12H2,1H3,(H,20,23);1H. The van der Waals surface area contributed by atoms with Gasteiger partial charge in [0.25, 0.3) is 0 Å². The molecule has 1 unspecified atom stereocenters. The minimum absolute atomic E-state index is 0. The fourth-order valence-electron chi connectivity index (χ4n) is 3.46. The summed E-state index contributed by atoms with van der Waals surface area (Å²) in [5.74, 6) is 0.0827. The minimum atomic E-state index is -0.287. The first-order valence-corrected chi connectivity index (χ1v) is 8.57. The molecule has 1 fully saturated rings. The highest BCUT2D eigenvalue weighted by Crippen LogP contribution is 2.20. The van der Waals surface area contributed by atoms with Gasteiger partial charge < -0.3 is 15.5 Å². The summed E-state index contributed by atoms with van der Waals surface area (Å²) in [7, 11) is 0. The highest BCUT2D eigenvalue weighted by atomic mass is 35.5. The Labute approximate surface area is 149 Å². The predicted octanol–water partition coefficient (Wildman–Crippen LogP) is 2.12. The largest absolute Gasteiger partial charge is 0.350 e. The SMILES string of the molecule is CCCC(=O)N1CCCC1C(=O)NCc1ccc2c(c1)CNC2.Cl. The molecule has 0 radical (unpaired) electrons. The molecule has 24 heavy (non-hydrogen) atoms. The van der Waals surface area contributed by atoms with E-state index in [2.05, 4.69) is 28.8 Å².